The first kappa shape index (κ1) is 29.7. The van der Waals surface area contributed by atoms with Crippen LogP contribution in [0.5, 0.6) is 0 Å². The second-order valence-electron chi connectivity index (χ2n) is 10.3. The molecule has 2 heterocycles. The van der Waals surface area contributed by atoms with Crippen molar-refractivity contribution >= 4 is 29.6 Å². The first-order valence-corrected chi connectivity index (χ1v) is 12.9. The van der Waals surface area contributed by atoms with E-state index < -0.39 is 65.7 Å². The minimum atomic E-state index is -3.89. The van der Waals surface area contributed by atoms with Crippen molar-refractivity contribution in [3.63, 3.8) is 0 Å². The lowest BCUT2D eigenvalue weighted by Crippen LogP contribution is -2.55. The number of nitrogens with zero attached hydrogens (tertiary/aromatic N) is 2. The van der Waals surface area contributed by atoms with Crippen LogP contribution < -0.4 is 11.1 Å². The molecule has 10 nitrogen and oxygen atoms in total. The maximum Gasteiger partial charge on any atom is 0.349 e. The first-order valence-electron chi connectivity index (χ1n) is 12.9. The number of alkyl halides is 2. The van der Waals surface area contributed by atoms with Crippen molar-refractivity contribution in [1.82, 2.24) is 15.1 Å². The van der Waals surface area contributed by atoms with E-state index in [-0.39, 0.29) is 31.8 Å². The number of halogens is 3. The van der Waals surface area contributed by atoms with Crippen LogP contribution in [0.2, 0.25) is 0 Å². The van der Waals surface area contributed by atoms with E-state index in [4.69, 9.17) is 10.5 Å². The number of amides is 4. The molecule has 0 radical (unpaired) electrons. The van der Waals surface area contributed by atoms with E-state index in [2.05, 4.69) is 5.32 Å². The number of benzene rings is 2. The van der Waals surface area contributed by atoms with Gasteiger partial charge in [-0.05, 0) is 53.8 Å². The van der Waals surface area contributed by atoms with E-state index in [1.165, 1.54) is 17.0 Å². The summed E-state index contributed by atoms with van der Waals surface area (Å²) in [6.07, 6.45) is 0.0264. The van der Waals surface area contributed by atoms with Crippen molar-refractivity contribution < 1.29 is 41.9 Å². The van der Waals surface area contributed by atoms with E-state index >= 15 is 0 Å². The van der Waals surface area contributed by atoms with Crippen molar-refractivity contribution in [2.75, 3.05) is 6.73 Å². The molecule has 1 saturated heterocycles. The van der Waals surface area contributed by atoms with Crippen LogP contribution in [0.1, 0.15) is 53.7 Å². The SMILES string of the molecule is CC(C)C(N)C(=O)OCN1C(=O)CCC(N2Cc3cc(CNC(=O)C(F)(F)c4ccc(F)cc4)ccc3C2=O)C1=O. The standard InChI is InChI=1S/C28H29F3N4O6/c1-15(2)23(32)26(39)41-14-35-22(36)10-9-21(25(35)38)34-13-17-11-16(3-8-20(17)24(34)37)12-33-27(40)28(30,31)18-4-6-19(29)7-5-18/h3-8,11,15,21,23H,9-10,12-14,32H2,1-2H3,(H,33,40). The lowest BCUT2D eigenvalue weighted by atomic mass is 10.0. The molecular formula is C28H29F3N4O6. The van der Waals surface area contributed by atoms with Gasteiger partial charge >= 0.3 is 11.9 Å². The molecule has 41 heavy (non-hydrogen) atoms. The molecule has 3 N–H and O–H groups in total. The molecule has 2 aromatic rings. The van der Waals surface area contributed by atoms with Gasteiger partial charge in [0.15, 0.2) is 6.73 Å². The van der Waals surface area contributed by atoms with Gasteiger partial charge in [-0.15, -0.1) is 0 Å². The number of carbonyl (C=O) groups is 5. The second kappa shape index (κ2) is 11.7. The Labute approximate surface area is 233 Å². The molecule has 0 aromatic heterocycles. The van der Waals surface area contributed by atoms with Gasteiger partial charge in [-0.1, -0.05) is 26.0 Å². The molecule has 218 valence electrons. The van der Waals surface area contributed by atoms with E-state index in [1.54, 1.807) is 19.9 Å². The summed E-state index contributed by atoms with van der Waals surface area (Å²) in [7, 11) is 0. The minimum absolute atomic E-state index is 0.0120. The van der Waals surface area contributed by atoms with Crippen LogP contribution in [0, 0.1) is 11.7 Å². The van der Waals surface area contributed by atoms with E-state index in [1.807, 2.05) is 0 Å². The summed E-state index contributed by atoms with van der Waals surface area (Å²) in [5, 5.41) is 2.16. The molecule has 2 aromatic carbocycles. The largest absolute Gasteiger partial charge is 0.443 e. The lowest BCUT2D eigenvalue weighted by molar-refractivity contribution is -0.165. The van der Waals surface area contributed by atoms with Crippen LogP contribution in [0.3, 0.4) is 0 Å². The predicted molar refractivity (Wildman–Crippen MR) is 137 cm³/mol. The Bertz CT molecular complexity index is 1380. The molecule has 2 unspecified atom stereocenters. The van der Waals surface area contributed by atoms with Crippen LogP contribution in [0.15, 0.2) is 42.5 Å². The number of ether oxygens (including phenoxy) is 1. The van der Waals surface area contributed by atoms with Crippen LogP contribution in [0.25, 0.3) is 0 Å². The number of piperidine rings is 1. The molecule has 0 saturated carbocycles. The minimum Gasteiger partial charge on any atom is -0.443 e. The molecule has 2 aliphatic heterocycles. The molecule has 4 amide bonds. The summed E-state index contributed by atoms with van der Waals surface area (Å²) < 4.78 is 47.2. The maximum absolute atomic E-state index is 14.5. The van der Waals surface area contributed by atoms with Crippen molar-refractivity contribution in [2.24, 2.45) is 11.7 Å². The Morgan fingerprint density at radius 1 is 1.12 bits per heavy atom. The van der Waals surface area contributed by atoms with Gasteiger partial charge in [0.2, 0.25) is 5.91 Å². The Morgan fingerprint density at radius 2 is 1.80 bits per heavy atom. The first-order chi connectivity index (χ1) is 19.3. The summed E-state index contributed by atoms with van der Waals surface area (Å²) in [5.41, 5.74) is 6.33. The summed E-state index contributed by atoms with van der Waals surface area (Å²) in [6, 6.07) is 5.95. The number of nitrogens with one attached hydrogen (secondary N) is 1. The zero-order valence-corrected chi connectivity index (χ0v) is 22.4. The third-order valence-electron chi connectivity index (χ3n) is 7.13. The van der Waals surface area contributed by atoms with E-state index in [0.29, 0.717) is 16.7 Å². The fraction of sp³-hybridized carbons (Fsp3) is 0.393. The monoisotopic (exact) mass is 574 g/mol. The molecule has 2 atom stereocenters. The van der Waals surface area contributed by atoms with Gasteiger partial charge in [-0.25, -0.2) is 9.29 Å². The van der Waals surface area contributed by atoms with Gasteiger partial charge < -0.3 is 20.7 Å². The molecule has 0 aliphatic carbocycles. The van der Waals surface area contributed by atoms with Crippen LogP contribution in [-0.4, -0.2) is 58.2 Å². The maximum atomic E-state index is 14.5. The number of imide groups is 1. The highest BCUT2D eigenvalue weighted by Gasteiger charge is 2.44. The highest BCUT2D eigenvalue weighted by Crippen LogP contribution is 2.31. The Balaban J connectivity index is 1.40. The lowest BCUT2D eigenvalue weighted by Gasteiger charge is -2.35. The summed E-state index contributed by atoms with van der Waals surface area (Å²) in [6.45, 7) is 2.56. The Hall–Kier alpha value is -4.26. The summed E-state index contributed by atoms with van der Waals surface area (Å²) >= 11 is 0. The van der Waals surface area contributed by atoms with E-state index in [0.717, 1.165) is 29.2 Å². The molecule has 2 aliphatic rings. The quantitative estimate of drug-likeness (QED) is 0.346. The number of hydrogen-bond acceptors (Lipinski definition) is 7. The number of hydrogen-bond donors (Lipinski definition) is 2. The number of nitrogens with two attached hydrogens (primary N) is 1. The molecule has 0 spiro atoms. The highest BCUT2D eigenvalue weighted by atomic mass is 19.3. The smallest absolute Gasteiger partial charge is 0.349 e. The fourth-order valence-corrected chi connectivity index (χ4v) is 4.58. The van der Waals surface area contributed by atoms with Crippen molar-refractivity contribution in [1.29, 1.82) is 0 Å². The summed E-state index contributed by atoms with van der Waals surface area (Å²) in [4.78, 5) is 65.1. The number of fused-ring (bicyclic) bond motifs is 1. The Kier molecular flexibility index (Phi) is 8.47. The van der Waals surface area contributed by atoms with Gasteiger partial charge in [0.1, 0.15) is 17.9 Å². The third-order valence-corrected chi connectivity index (χ3v) is 7.13. The molecule has 4 rings (SSSR count). The predicted octanol–water partition coefficient (Wildman–Crippen LogP) is 2.19. The van der Waals surface area contributed by atoms with Gasteiger partial charge in [0, 0.05) is 30.6 Å². The Morgan fingerprint density at radius 3 is 2.46 bits per heavy atom. The van der Waals surface area contributed by atoms with Crippen molar-refractivity contribution in [2.45, 2.75) is 57.8 Å². The van der Waals surface area contributed by atoms with Gasteiger partial charge in [-0.3, -0.25) is 24.0 Å². The third kappa shape index (κ3) is 6.09. The van der Waals surface area contributed by atoms with Gasteiger partial charge in [0.25, 0.3) is 17.7 Å². The second-order valence-corrected chi connectivity index (χ2v) is 10.3. The average molecular weight is 575 g/mol. The molecule has 1 fully saturated rings. The van der Waals surface area contributed by atoms with Crippen LogP contribution >= 0.6 is 0 Å². The van der Waals surface area contributed by atoms with Crippen molar-refractivity contribution in [3.8, 4) is 0 Å². The van der Waals surface area contributed by atoms with Crippen molar-refractivity contribution in [3.05, 3.63) is 70.5 Å². The van der Waals surface area contributed by atoms with E-state index in [9.17, 15) is 37.1 Å². The zero-order chi connectivity index (χ0) is 30.1. The average Bonchev–Trinajstić information content (AvgIpc) is 3.26. The molecule has 13 heteroatoms. The fourth-order valence-electron chi connectivity index (χ4n) is 4.58. The van der Waals surface area contributed by atoms with Crippen LogP contribution in [0.4, 0.5) is 13.2 Å². The summed E-state index contributed by atoms with van der Waals surface area (Å²) in [5.74, 6) is -8.84. The number of likely N-dealkylation sites (tertiary alicyclic amines) is 1. The molecule has 0 bridgehead atoms. The zero-order valence-electron chi connectivity index (χ0n) is 22.4. The van der Waals surface area contributed by atoms with Crippen LogP contribution in [-0.2, 0) is 42.9 Å². The number of esters is 1. The number of carbonyl (C=O) groups excluding carboxylic acids is 5. The number of rotatable bonds is 9. The van der Waals surface area contributed by atoms with Gasteiger partial charge in [-0.2, -0.15) is 8.78 Å². The topological polar surface area (TPSA) is 139 Å². The normalized spacial score (nSPS) is 18.0. The molecular weight excluding hydrogens is 545 g/mol. The highest BCUT2D eigenvalue weighted by molar-refractivity contribution is 6.05. The van der Waals surface area contributed by atoms with Gasteiger partial charge in [0.05, 0.1) is 0 Å².